The Morgan fingerprint density at radius 1 is 0.745 bits per heavy atom. The summed E-state index contributed by atoms with van der Waals surface area (Å²) >= 11 is 5.18. The highest BCUT2D eigenvalue weighted by Gasteiger charge is 2.19. The number of aromatic amines is 1. The van der Waals surface area contributed by atoms with Crippen molar-refractivity contribution in [2.75, 3.05) is 28.4 Å². The number of nitrogens with zero attached hydrogens (tertiary/aromatic N) is 5. The highest BCUT2D eigenvalue weighted by Crippen LogP contribution is 2.34. The summed E-state index contributed by atoms with van der Waals surface area (Å²) in [6, 6.07) is 10.3. The number of pyridine rings is 4. The van der Waals surface area contributed by atoms with Gasteiger partial charge in [0.15, 0.2) is 22.2 Å². The van der Waals surface area contributed by atoms with Crippen LogP contribution in [0.1, 0.15) is 20.7 Å². The van der Waals surface area contributed by atoms with Crippen LogP contribution in [0.3, 0.4) is 0 Å². The number of fused-ring (bicyclic) bond motifs is 2. The summed E-state index contributed by atoms with van der Waals surface area (Å²) < 4.78 is 51.6. The van der Waals surface area contributed by atoms with Crippen LogP contribution in [0.2, 0.25) is 5.15 Å². The van der Waals surface area contributed by atoms with Crippen molar-refractivity contribution in [2.45, 2.75) is 0 Å². The Balaban J connectivity index is 0.000000204. The van der Waals surface area contributed by atoms with Gasteiger partial charge in [0.2, 0.25) is 0 Å². The van der Waals surface area contributed by atoms with Crippen molar-refractivity contribution in [1.29, 1.82) is 0 Å². The van der Waals surface area contributed by atoms with E-state index in [-0.39, 0.29) is 33.2 Å². The third-order valence-corrected chi connectivity index (χ3v) is 7.39. The van der Waals surface area contributed by atoms with Gasteiger partial charge >= 0.3 is 11.9 Å². The van der Waals surface area contributed by atoms with E-state index in [1.807, 2.05) is 0 Å². The van der Waals surface area contributed by atoms with Gasteiger partial charge in [-0.05, 0) is 18.2 Å². The SMILES string of the molecule is COC(=O)c1cc2c(=O)cc[nH]c2cc1OC.COC(=O)c1cc2c(Oc3ncc([N+](=O)[O-])cc3F)ccnc2cc1OC.O=[N+]([O-])c1cnc(Cl)c(F)c1. The van der Waals surface area contributed by atoms with Crippen LogP contribution in [0, 0.1) is 31.9 Å². The lowest BCUT2D eigenvalue weighted by Gasteiger charge is -2.12. The molecule has 284 valence electrons. The number of carbonyl (C=O) groups excluding carboxylic acids is 2. The molecule has 0 aliphatic heterocycles. The molecule has 0 atom stereocenters. The van der Waals surface area contributed by atoms with E-state index in [2.05, 4.69) is 24.7 Å². The summed E-state index contributed by atoms with van der Waals surface area (Å²) in [5, 5.41) is 21.1. The molecule has 55 heavy (non-hydrogen) atoms. The summed E-state index contributed by atoms with van der Waals surface area (Å²) in [7, 11) is 5.35. The van der Waals surface area contributed by atoms with Gasteiger partial charge in [-0.15, -0.1) is 0 Å². The van der Waals surface area contributed by atoms with Crippen molar-refractivity contribution in [2.24, 2.45) is 0 Å². The number of rotatable bonds is 8. The van der Waals surface area contributed by atoms with Gasteiger partial charge < -0.3 is 28.7 Å². The molecule has 0 unspecified atom stereocenters. The van der Waals surface area contributed by atoms with Crippen LogP contribution in [0.15, 0.2) is 78.1 Å². The maximum Gasteiger partial charge on any atom is 0.341 e. The van der Waals surface area contributed by atoms with E-state index in [1.165, 1.54) is 65.0 Å². The van der Waals surface area contributed by atoms with Gasteiger partial charge in [-0.1, -0.05) is 11.6 Å². The number of benzene rings is 2. The Hall–Kier alpha value is -7.35. The minimum Gasteiger partial charge on any atom is -0.496 e. The molecule has 4 heterocycles. The van der Waals surface area contributed by atoms with E-state index < -0.39 is 50.7 Å². The first-order valence-corrected chi connectivity index (χ1v) is 15.4. The van der Waals surface area contributed by atoms with Crippen LogP contribution >= 0.6 is 11.6 Å². The number of nitrogens with one attached hydrogen (secondary N) is 1. The van der Waals surface area contributed by atoms with Crippen molar-refractivity contribution in [3.05, 3.63) is 132 Å². The molecular weight excluding hydrogens is 758 g/mol. The smallest absolute Gasteiger partial charge is 0.341 e. The van der Waals surface area contributed by atoms with E-state index in [1.54, 1.807) is 12.3 Å². The minimum atomic E-state index is -1.00. The number of halogens is 3. The Morgan fingerprint density at radius 2 is 1.31 bits per heavy atom. The quantitative estimate of drug-likeness (QED) is 0.0764. The second-order valence-corrected chi connectivity index (χ2v) is 10.7. The van der Waals surface area contributed by atoms with E-state index in [0.717, 1.165) is 18.5 Å². The molecule has 0 amide bonds. The molecule has 2 aromatic carbocycles. The molecule has 21 heteroatoms. The highest BCUT2D eigenvalue weighted by molar-refractivity contribution is 6.29. The molecule has 0 aliphatic carbocycles. The molecule has 6 aromatic rings. The lowest BCUT2D eigenvalue weighted by Crippen LogP contribution is -2.07. The summed E-state index contributed by atoms with van der Waals surface area (Å²) in [4.78, 5) is 68.3. The largest absolute Gasteiger partial charge is 0.496 e. The van der Waals surface area contributed by atoms with Gasteiger partial charge in [0.05, 0.1) is 61.5 Å². The summed E-state index contributed by atoms with van der Waals surface area (Å²) in [6.45, 7) is 0. The molecule has 1 N–H and O–H groups in total. The van der Waals surface area contributed by atoms with Crippen LogP contribution in [0.4, 0.5) is 20.2 Å². The first kappa shape index (κ1) is 40.4. The van der Waals surface area contributed by atoms with Crippen molar-refractivity contribution in [3.63, 3.8) is 0 Å². The van der Waals surface area contributed by atoms with Gasteiger partial charge in [-0.25, -0.2) is 28.3 Å². The summed E-state index contributed by atoms with van der Waals surface area (Å²) in [5.41, 5.74) is 0.318. The zero-order valence-corrected chi connectivity index (χ0v) is 29.5. The fourth-order valence-corrected chi connectivity index (χ4v) is 4.62. The molecule has 0 saturated carbocycles. The predicted octanol–water partition coefficient (Wildman–Crippen LogP) is 6.37. The molecule has 0 spiro atoms. The number of esters is 2. The van der Waals surface area contributed by atoms with E-state index in [4.69, 9.17) is 30.5 Å². The maximum atomic E-state index is 14.1. The standard InChI is InChI=1S/C17H12FN3O6.C12H11NO4.C5H2ClFN2O2/c1-25-15-7-13-10(6-11(15)17(22)26-2)14(3-4-19-13)27-16-12(18)5-9(8-20-16)21(23)24;1-16-11-6-9-7(10(14)3-4-13-9)5-8(11)12(15)17-2;6-5-4(7)1-3(2-8-5)9(10)11/h3-8H,1-2H3;3-6H,1-2H3,(H,13,14);1-2H. The molecule has 0 fully saturated rings. The first-order valence-electron chi connectivity index (χ1n) is 15.0. The fraction of sp³-hybridized carbons (Fsp3) is 0.118. The Labute approximate surface area is 311 Å². The van der Waals surface area contributed by atoms with Gasteiger partial charge in [0.25, 0.3) is 17.3 Å². The first-order chi connectivity index (χ1) is 26.2. The van der Waals surface area contributed by atoms with Crippen LogP contribution < -0.4 is 19.6 Å². The predicted molar refractivity (Wildman–Crippen MR) is 189 cm³/mol. The Kier molecular flexibility index (Phi) is 13.2. The summed E-state index contributed by atoms with van der Waals surface area (Å²) in [5.74, 6) is -2.76. The topological polar surface area (TPSA) is 238 Å². The number of carbonyl (C=O) groups is 2. The molecule has 4 aromatic heterocycles. The average Bonchev–Trinajstić information content (AvgIpc) is 3.18. The van der Waals surface area contributed by atoms with Crippen LogP contribution in [-0.2, 0) is 9.47 Å². The maximum absolute atomic E-state index is 14.1. The van der Waals surface area contributed by atoms with Crippen molar-refractivity contribution >= 4 is 56.7 Å². The average molecular weight is 783 g/mol. The minimum absolute atomic E-state index is 0.127. The van der Waals surface area contributed by atoms with E-state index >= 15 is 0 Å². The van der Waals surface area contributed by atoms with Gasteiger partial charge in [0, 0.05) is 41.4 Å². The van der Waals surface area contributed by atoms with Gasteiger partial charge in [-0.2, -0.15) is 0 Å². The second kappa shape index (κ2) is 17.9. The van der Waals surface area contributed by atoms with Crippen molar-refractivity contribution in [3.8, 4) is 23.1 Å². The van der Waals surface area contributed by atoms with Crippen molar-refractivity contribution in [1.82, 2.24) is 19.9 Å². The third-order valence-electron chi connectivity index (χ3n) is 7.12. The molecule has 0 saturated heterocycles. The number of methoxy groups -OCH3 is 4. The normalized spacial score (nSPS) is 10.2. The van der Waals surface area contributed by atoms with E-state index in [9.17, 15) is 43.4 Å². The van der Waals surface area contributed by atoms with Gasteiger partial charge in [0.1, 0.15) is 40.8 Å². The number of H-pyrrole nitrogens is 1. The molecule has 18 nitrogen and oxygen atoms in total. The molecule has 0 bridgehead atoms. The number of aromatic nitrogens is 4. The molecular formula is C34H25ClF2N6O12. The molecule has 0 radical (unpaired) electrons. The van der Waals surface area contributed by atoms with Crippen LogP contribution in [0.25, 0.3) is 21.8 Å². The second-order valence-electron chi connectivity index (χ2n) is 10.4. The van der Waals surface area contributed by atoms with Crippen LogP contribution in [-0.4, -0.2) is 70.2 Å². The zero-order valence-electron chi connectivity index (χ0n) is 28.7. The van der Waals surface area contributed by atoms with E-state index in [0.29, 0.717) is 33.6 Å². The number of nitro groups is 2. The number of ether oxygens (including phenoxy) is 5. The number of hydrogen-bond donors (Lipinski definition) is 1. The fourth-order valence-electron chi connectivity index (χ4n) is 4.52. The van der Waals surface area contributed by atoms with Gasteiger partial charge in [-0.3, -0.25) is 30.0 Å². The number of hydrogen-bond acceptors (Lipinski definition) is 15. The Bertz CT molecular complexity index is 2500. The lowest BCUT2D eigenvalue weighted by molar-refractivity contribution is -0.385. The molecule has 6 rings (SSSR count). The lowest BCUT2D eigenvalue weighted by atomic mass is 10.1. The summed E-state index contributed by atoms with van der Waals surface area (Å²) in [6.07, 6.45) is 4.73. The molecule has 0 aliphatic rings. The Morgan fingerprint density at radius 3 is 1.85 bits per heavy atom. The third kappa shape index (κ3) is 9.56. The monoisotopic (exact) mass is 782 g/mol. The van der Waals surface area contributed by atoms with Crippen LogP contribution in [0.5, 0.6) is 23.1 Å². The highest BCUT2D eigenvalue weighted by atomic mass is 35.5. The van der Waals surface area contributed by atoms with Crippen molar-refractivity contribution < 1.29 is 51.9 Å². The zero-order chi connectivity index (χ0) is 40.4.